The van der Waals surface area contributed by atoms with E-state index >= 15 is 0 Å². The van der Waals surface area contributed by atoms with Crippen molar-refractivity contribution in [3.63, 3.8) is 0 Å². The van der Waals surface area contributed by atoms with E-state index in [4.69, 9.17) is 18.0 Å². The van der Waals surface area contributed by atoms with Crippen LogP contribution in [0.3, 0.4) is 0 Å². The molecule has 3 nitrogen and oxygen atoms in total. The van der Waals surface area contributed by atoms with E-state index in [1.54, 1.807) is 4.90 Å². The Labute approximate surface area is 115 Å². The second-order valence-corrected chi connectivity index (χ2v) is 6.50. The number of nitrogens with zero attached hydrogens (tertiary/aromatic N) is 1. The predicted octanol–water partition coefficient (Wildman–Crippen LogP) is 2.34. The Bertz CT molecular complexity index is 332. The number of hydrogen-bond acceptors (Lipinski definition) is 2. The van der Waals surface area contributed by atoms with E-state index in [-0.39, 0.29) is 11.8 Å². The molecule has 18 heavy (non-hydrogen) atoms. The fourth-order valence-corrected chi connectivity index (χ4v) is 3.91. The summed E-state index contributed by atoms with van der Waals surface area (Å²) in [5.74, 6) is 2.14. The van der Waals surface area contributed by atoms with Crippen LogP contribution in [0.2, 0.25) is 0 Å². The Balaban J connectivity index is 1.89. The van der Waals surface area contributed by atoms with Gasteiger partial charge in [0.15, 0.2) is 0 Å². The number of nitrogens with two attached hydrogens (primary N) is 1. The van der Waals surface area contributed by atoms with Crippen molar-refractivity contribution in [2.45, 2.75) is 44.9 Å². The molecular formula is C14H24N2OS. The van der Waals surface area contributed by atoms with Crippen LogP contribution in [0, 0.1) is 17.8 Å². The molecule has 2 fully saturated rings. The number of hydrogen-bond donors (Lipinski definition) is 1. The van der Waals surface area contributed by atoms with Crippen LogP contribution in [0.15, 0.2) is 0 Å². The fourth-order valence-electron chi connectivity index (χ4n) is 3.72. The van der Waals surface area contributed by atoms with Gasteiger partial charge in [0.2, 0.25) is 5.91 Å². The zero-order chi connectivity index (χ0) is 13.1. The zero-order valence-corrected chi connectivity index (χ0v) is 12.0. The normalized spacial score (nSPS) is 31.5. The molecule has 3 unspecified atom stereocenters. The van der Waals surface area contributed by atoms with Crippen molar-refractivity contribution >= 4 is 23.1 Å². The first-order chi connectivity index (χ1) is 8.58. The minimum absolute atomic E-state index is 0.212. The molecule has 2 N–H and O–H groups in total. The standard InChI is InChI=1S/C14H24N2OS/c1-16(9-13(15)18)14(17)12-7-6-10-4-2-3-5-11(10)8-12/h10-12H,2-9H2,1H3,(H2,15,18). The third kappa shape index (κ3) is 3.22. The van der Waals surface area contributed by atoms with Gasteiger partial charge >= 0.3 is 0 Å². The molecule has 3 atom stereocenters. The number of carbonyl (C=O) groups excluding carboxylic acids is 1. The molecule has 0 aromatic carbocycles. The van der Waals surface area contributed by atoms with Gasteiger partial charge in [-0.3, -0.25) is 4.79 Å². The lowest BCUT2D eigenvalue weighted by atomic mass is 9.67. The van der Waals surface area contributed by atoms with Gasteiger partial charge in [-0.1, -0.05) is 37.9 Å². The Kier molecular flexibility index (Phi) is 4.60. The van der Waals surface area contributed by atoms with Crippen molar-refractivity contribution in [1.29, 1.82) is 0 Å². The molecule has 0 spiro atoms. The van der Waals surface area contributed by atoms with Gasteiger partial charge in [0, 0.05) is 13.0 Å². The topological polar surface area (TPSA) is 46.3 Å². The van der Waals surface area contributed by atoms with Crippen molar-refractivity contribution in [1.82, 2.24) is 4.90 Å². The smallest absolute Gasteiger partial charge is 0.225 e. The lowest BCUT2D eigenvalue weighted by molar-refractivity contribution is -0.135. The summed E-state index contributed by atoms with van der Waals surface area (Å²) >= 11 is 4.87. The van der Waals surface area contributed by atoms with Gasteiger partial charge in [-0.25, -0.2) is 0 Å². The predicted molar refractivity (Wildman–Crippen MR) is 77.2 cm³/mol. The van der Waals surface area contributed by atoms with E-state index in [2.05, 4.69) is 0 Å². The molecule has 1 amide bonds. The Morgan fingerprint density at radius 2 is 1.89 bits per heavy atom. The molecule has 0 aromatic rings. The highest BCUT2D eigenvalue weighted by molar-refractivity contribution is 7.80. The lowest BCUT2D eigenvalue weighted by Gasteiger charge is -2.39. The second kappa shape index (κ2) is 6.00. The maximum absolute atomic E-state index is 12.3. The highest BCUT2D eigenvalue weighted by Gasteiger charge is 2.35. The minimum Gasteiger partial charge on any atom is -0.392 e. The molecule has 0 aromatic heterocycles. The first-order valence-electron chi connectivity index (χ1n) is 7.11. The van der Waals surface area contributed by atoms with Crippen molar-refractivity contribution in [2.24, 2.45) is 23.5 Å². The van der Waals surface area contributed by atoms with Gasteiger partial charge in [0.25, 0.3) is 0 Å². The number of amides is 1. The van der Waals surface area contributed by atoms with E-state index < -0.39 is 0 Å². The number of carbonyl (C=O) groups is 1. The molecule has 4 heteroatoms. The summed E-state index contributed by atoms with van der Waals surface area (Å²) < 4.78 is 0. The zero-order valence-electron chi connectivity index (χ0n) is 11.2. The highest BCUT2D eigenvalue weighted by Crippen LogP contribution is 2.42. The van der Waals surface area contributed by atoms with Crippen molar-refractivity contribution in [2.75, 3.05) is 13.6 Å². The van der Waals surface area contributed by atoms with Gasteiger partial charge in [-0.15, -0.1) is 0 Å². The van der Waals surface area contributed by atoms with Crippen molar-refractivity contribution in [3.05, 3.63) is 0 Å². The van der Waals surface area contributed by atoms with Gasteiger partial charge in [-0.05, 0) is 31.1 Å². The molecule has 0 heterocycles. The van der Waals surface area contributed by atoms with E-state index in [0.29, 0.717) is 11.5 Å². The molecule has 2 rings (SSSR count). The van der Waals surface area contributed by atoms with Crippen LogP contribution in [-0.4, -0.2) is 29.4 Å². The molecule has 2 saturated carbocycles. The van der Waals surface area contributed by atoms with Gasteiger partial charge in [-0.2, -0.15) is 0 Å². The molecule has 0 bridgehead atoms. The van der Waals surface area contributed by atoms with Crippen LogP contribution in [0.1, 0.15) is 44.9 Å². The Morgan fingerprint density at radius 1 is 1.22 bits per heavy atom. The summed E-state index contributed by atoms with van der Waals surface area (Å²) in [6.07, 6.45) is 8.84. The Morgan fingerprint density at radius 3 is 2.56 bits per heavy atom. The molecule has 2 aliphatic rings. The molecule has 2 aliphatic carbocycles. The van der Waals surface area contributed by atoms with E-state index in [9.17, 15) is 4.79 Å². The Hall–Kier alpha value is -0.640. The van der Waals surface area contributed by atoms with Gasteiger partial charge < -0.3 is 10.6 Å². The maximum Gasteiger partial charge on any atom is 0.225 e. The van der Waals surface area contributed by atoms with Gasteiger partial charge in [0.05, 0.1) is 11.5 Å². The summed E-state index contributed by atoms with van der Waals surface area (Å²) in [4.78, 5) is 14.4. The average molecular weight is 268 g/mol. The van der Waals surface area contributed by atoms with Crippen molar-refractivity contribution in [3.8, 4) is 0 Å². The average Bonchev–Trinajstić information content (AvgIpc) is 2.36. The monoisotopic (exact) mass is 268 g/mol. The van der Waals surface area contributed by atoms with E-state index in [1.165, 1.54) is 32.1 Å². The fraction of sp³-hybridized carbons (Fsp3) is 0.857. The van der Waals surface area contributed by atoms with Crippen LogP contribution in [-0.2, 0) is 4.79 Å². The third-order valence-electron chi connectivity index (χ3n) is 4.66. The number of rotatable bonds is 3. The molecule has 0 radical (unpaired) electrons. The van der Waals surface area contributed by atoms with Crippen LogP contribution < -0.4 is 5.73 Å². The highest BCUT2D eigenvalue weighted by atomic mass is 32.1. The summed E-state index contributed by atoms with van der Waals surface area (Å²) in [5.41, 5.74) is 5.50. The molecule has 0 aliphatic heterocycles. The molecule has 102 valence electrons. The number of fused-ring (bicyclic) bond motifs is 1. The first kappa shape index (κ1) is 13.8. The first-order valence-corrected chi connectivity index (χ1v) is 7.52. The number of thiocarbonyl (C=S) groups is 1. The van der Waals surface area contributed by atoms with Crippen LogP contribution in [0.4, 0.5) is 0 Å². The largest absolute Gasteiger partial charge is 0.392 e. The number of likely N-dealkylation sites (N-methyl/N-ethyl adjacent to an activating group) is 1. The SMILES string of the molecule is CN(CC(N)=S)C(=O)C1CCC2CCCCC2C1. The van der Waals surface area contributed by atoms with Crippen LogP contribution in [0.25, 0.3) is 0 Å². The lowest BCUT2D eigenvalue weighted by Crippen LogP contribution is -2.41. The minimum atomic E-state index is 0.212. The van der Waals surface area contributed by atoms with Gasteiger partial charge in [0.1, 0.15) is 0 Å². The molecular weight excluding hydrogens is 244 g/mol. The summed E-state index contributed by atoms with van der Waals surface area (Å²) in [7, 11) is 1.81. The summed E-state index contributed by atoms with van der Waals surface area (Å²) in [5, 5.41) is 0. The quantitative estimate of drug-likeness (QED) is 0.799. The van der Waals surface area contributed by atoms with Crippen LogP contribution in [0.5, 0.6) is 0 Å². The van der Waals surface area contributed by atoms with E-state index in [1.807, 2.05) is 7.05 Å². The van der Waals surface area contributed by atoms with Crippen LogP contribution >= 0.6 is 12.2 Å². The third-order valence-corrected chi connectivity index (χ3v) is 4.79. The molecule has 0 saturated heterocycles. The second-order valence-electron chi connectivity index (χ2n) is 5.98. The van der Waals surface area contributed by atoms with Crippen molar-refractivity contribution < 1.29 is 4.79 Å². The maximum atomic E-state index is 12.3. The summed E-state index contributed by atoms with van der Waals surface area (Å²) in [6.45, 7) is 0.415. The summed E-state index contributed by atoms with van der Waals surface area (Å²) in [6, 6.07) is 0. The van der Waals surface area contributed by atoms with E-state index in [0.717, 1.165) is 24.7 Å².